The Morgan fingerprint density at radius 3 is 2.76 bits per heavy atom. The molecule has 2 rings (SSSR count). The van der Waals surface area contributed by atoms with Crippen LogP contribution in [-0.4, -0.2) is 40.6 Å². The van der Waals surface area contributed by atoms with E-state index in [0.29, 0.717) is 17.8 Å². The second-order valence-electron chi connectivity index (χ2n) is 4.08. The van der Waals surface area contributed by atoms with Gasteiger partial charge in [-0.2, -0.15) is 4.98 Å². The third-order valence-electron chi connectivity index (χ3n) is 2.65. The average Bonchev–Trinajstić information content (AvgIpc) is 2.51. The largest absolute Gasteiger partial charge is 0.472 e. The van der Waals surface area contributed by atoms with E-state index in [2.05, 4.69) is 9.97 Å². The number of hydrogen-bond donors (Lipinski definition) is 0. The molecule has 2 heterocycles. The Hall–Kier alpha value is -1.99. The molecule has 0 bridgehead atoms. The molecule has 0 radical (unpaired) electrons. The standard InChI is InChI=1S/C14H19N3O4/c1-4-19-13(20-5-2)9-21-11-7-6-10-14(16-11)17(3)12(18)8-15-10/h6-8,13H,4-5,9H2,1-3H3/i3D3. The summed E-state index contributed by atoms with van der Waals surface area (Å²) in [6.07, 6.45) is 0.396. The van der Waals surface area contributed by atoms with Crippen LogP contribution in [0.25, 0.3) is 11.2 Å². The SMILES string of the molecule is [2H]C([2H])([2H])n1c(=O)cnc2ccc(OCC(OCC)OCC)nc21. The molecule has 0 saturated heterocycles. The van der Waals surface area contributed by atoms with Gasteiger partial charge in [0.25, 0.3) is 5.56 Å². The van der Waals surface area contributed by atoms with Crippen molar-refractivity contribution in [3.05, 3.63) is 28.7 Å². The number of rotatable bonds is 7. The Kier molecular flexibility index (Phi) is 3.96. The highest BCUT2D eigenvalue weighted by Gasteiger charge is 2.10. The van der Waals surface area contributed by atoms with Crippen LogP contribution in [0.15, 0.2) is 23.1 Å². The van der Waals surface area contributed by atoms with Crippen molar-refractivity contribution >= 4 is 11.2 Å². The Morgan fingerprint density at radius 1 is 1.33 bits per heavy atom. The predicted molar refractivity (Wildman–Crippen MR) is 77.3 cm³/mol. The Labute approximate surface area is 126 Å². The van der Waals surface area contributed by atoms with Crippen LogP contribution in [0, 0.1) is 0 Å². The lowest BCUT2D eigenvalue weighted by Crippen LogP contribution is -2.25. The second kappa shape index (κ2) is 7.14. The van der Waals surface area contributed by atoms with E-state index in [1.165, 1.54) is 6.07 Å². The van der Waals surface area contributed by atoms with Crippen LogP contribution in [0.1, 0.15) is 18.0 Å². The van der Waals surface area contributed by atoms with E-state index >= 15 is 0 Å². The van der Waals surface area contributed by atoms with E-state index < -0.39 is 18.8 Å². The summed E-state index contributed by atoms with van der Waals surface area (Å²) >= 11 is 0. The number of nitrogens with zero attached hydrogens (tertiary/aromatic N) is 3. The van der Waals surface area contributed by atoms with E-state index in [9.17, 15) is 4.79 Å². The van der Waals surface area contributed by atoms with Gasteiger partial charge in [-0.15, -0.1) is 0 Å². The van der Waals surface area contributed by atoms with Gasteiger partial charge < -0.3 is 14.2 Å². The first-order valence-corrected chi connectivity index (χ1v) is 6.62. The molecule has 0 unspecified atom stereocenters. The summed E-state index contributed by atoms with van der Waals surface area (Å²) in [5, 5.41) is 0. The second-order valence-corrected chi connectivity index (χ2v) is 4.08. The molecule has 2 aromatic rings. The zero-order valence-corrected chi connectivity index (χ0v) is 11.9. The van der Waals surface area contributed by atoms with Gasteiger partial charge in [0, 0.05) is 30.4 Å². The van der Waals surface area contributed by atoms with Gasteiger partial charge in [0.15, 0.2) is 11.9 Å². The van der Waals surface area contributed by atoms with E-state index in [-0.39, 0.29) is 23.7 Å². The van der Waals surface area contributed by atoms with Crippen LogP contribution < -0.4 is 10.3 Å². The van der Waals surface area contributed by atoms with E-state index in [1.807, 2.05) is 13.8 Å². The normalized spacial score (nSPS) is 14.0. The zero-order chi connectivity index (χ0) is 17.7. The van der Waals surface area contributed by atoms with Crippen molar-refractivity contribution in [1.29, 1.82) is 0 Å². The molecular weight excluding hydrogens is 274 g/mol. The Morgan fingerprint density at radius 2 is 2.10 bits per heavy atom. The summed E-state index contributed by atoms with van der Waals surface area (Å²) < 4.78 is 39.3. The Balaban J connectivity index is 2.31. The van der Waals surface area contributed by atoms with Crippen LogP contribution in [-0.2, 0) is 16.4 Å². The average molecular weight is 296 g/mol. The maximum atomic E-state index is 11.8. The lowest BCUT2D eigenvalue weighted by Gasteiger charge is -2.17. The highest BCUT2D eigenvalue weighted by atomic mass is 16.7. The first-order chi connectivity index (χ1) is 11.4. The Bertz CT molecular complexity index is 742. The number of aryl methyl sites for hydroxylation is 1. The molecule has 7 nitrogen and oxygen atoms in total. The minimum Gasteiger partial charge on any atom is -0.472 e. The fourth-order valence-corrected chi connectivity index (χ4v) is 1.73. The summed E-state index contributed by atoms with van der Waals surface area (Å²) in [6.45, 7) is 2.01. The van der Waals surface area contributed by atoms with Crippen molar-refractivity contribution < 1.29 is 18.3 Å². The molecule has 0 aliphatic heterocycles. The van der Waals surface area contributed by atoms with Crippen LogP contribution in [0.4, 0.5) is 0 Å². The molecule has 114 valence electrons. The molecule has 21 heavy (non-hydrogen) atoms. The van der Waals surface area contributed by atoms with Gasteiger partial charge in [-0.05, 0) is 19.9 Å². The van der Waals surface area contributed by atoms with Crippen LogP contribution in [0.3, 0.4) is 0 Å². The summed E-state index contributed by atoms with van der Waals surface area (Å²) in [5.74, 6) is 0.150. The summed E-state index contributed by atoms with van der Waals surface area (Å²) in [7, 11) is 0. The molecule has 0 saturated carbocycles. The minimum atomic E-state index is -2.66. The zero-order valence-electron chi connectivity index (χ0n) is 14.9. The fraction of sp³-hybridized carbons (Fsp3) is 0.500. The highest BCUT2D eigenvalue weighted by Crippen LogP contribution is 2.13. The number of fused-ring (bicyclic) bond motifs is 1. The van der Waals surface area contributed by atoms with Gasteiger partial charge in [0.1, 0.15) is 12.1 Å². The lowest BCUT2D eigenvalue weighted by atomic mass is 10.4. The topological polar surface area (TPSA) is 75.5 Å². The number of ether oxygens (including phenoxy) is 3. The van der Waals surface area contributed by atoms with Crippen molar-refractivity contribution in [1.82, 2.24) is 14.5 Å². The first kappa shape index (κ1) is 11.6. The third-order valence-corrected chi connectivity index (χ3v) is 2.65. The lowest BCUT2D eigenvalue weighted by molar-refractivity contribution is -0.152. The maximum Gasteiger partial charge on any atom is 0.270 e. The monoisotopic (exact) mass is 296 g/mol. The highest BCUT2D eigenvalue weighted by molar-refractivity contribution is 5.70. The number of pyridine rings is 1. The summed E-state index contributed by atoms with van der Waals surface area (Å²) in [4.78, 5) is 19.8. The minimum absolute atomic E-state index is 0.0654. The van der Waals surface area contributed by atoms with Gasteiger partial charge in [0.05, 0.1) is 6.20 Å². The molecule has 0 atom stereocenters. The number of aromatic nitrogens is 3. The first-order valence-electron chi connectivity index (χ1n) is 8.12. The number of hydrogen-bond acceptors (Lipinski definition) is 6. The molecule has 0 aromatic carbocycles. The van der Waals surface area contributed by atoms with E-state index in [1.54, 1.807) is 6.07 Å². The molecule has 0 spiro atoms. The van der Waals surface area contributed by atoms with Crippen LogP contribution in [0.5, 0.6) is 5.88 Å². The maximum absolute atomic E-state index is 11.8. The molecular formula is C14H19N3O4. The summed E-state index contributed by atoms with van der Waals surface area (Å²) in [5.41, 5.74) is -0.540. The molecule has 0 aliphatic rings. The van der Waals surface area contributed by atoms with Crippen molar-refractivity contribution in [3.63, 3.8) is 0 Å². The van der Waals surface area contributed by atoms with Gasteiger partial charge >= 0.3 is 0 Å². The molecule has 0 N–H and O–H groups in total. The van der Waals surface area contributed by atoms with E-state index in [0.717, 1.165) is 6.20 Å². The van der Waals surface area contributed by atoms with Gasteiger partial charge in [-0.25, -0.2) is 4.98 Å². The summed E-state index contributed by atoms with van der Waals surface area (Å²) in [6, 6.07) is 3.08. The fourth-order valence-electron chi connectivity index (χ4n) is 1.73. The molecule has 0 amide bonds. The molecule has 0 aliphatic carbocycles. The quantitative estimate of drug-likeness (QED) is 0.712. The van der Waals surface area contributed by atoms with Crippen LogP contribution in [0.2, 0.25) is 0 Å². The van der Waals surface area contributed by atoms with Crippen molar-refractivity contribution in [2.75, 3.05) is 19.8 Å². The smallest absolute Gasteiger partial charge is 0.270 e. The van der Waals surface area contributed by atoms with Crippen molar-refractivity contribution in [2.45, 2.75) is 20.1 Å². The molecule has 2 aromatic heterocycles. The van der Waals surface area contributed by atoms with Crippen LogP contribution >= 0.6 is 0 Å². The van der Waals surface area contributed by atoms with Gasteiger partial charge in [-0.1, -0.05) is 0 Å². The van der Waals surface area contributed by atoms with Gasteiger partial charge in [0.2, 0.25) is 5.88 Å². The predicted octanol–water partition coefficient (Wildman–Crippen LogP) is 1.11. The van der Waals surface area contributed by atoms with Crippen molar-refractivity contribution in [2.24, 2.45) is 6.98 Å². The molecule has 7 heteroatoms. The van der Waals surface area contributed by atoms with E-state index in [4.69, 9.17) is 18.3 Å². The van der Waals surface area contributed by atoms with Crippen molar-refractivity contribution in [3.8, 4) is 5.88 Å². The molecule has 0 fully saturated rings. The van der Waals surface area contributed by atoms with Gasteiger partial charge in [-0.3, -0.25) is 9.36 Å². The third kappa shape index (κ3) is 3.77.